The summed E-state index contributed by atoms with van der Waals surface area (Å²) in [6.07, 6.45) is 2.82. The number of aryl methyl sites for hydroxylation is 1. The van der Waals surface area contributed by atoms with E-state index in [2.05, 4.69) is 42.3 Å². The lowest BCUT2D eigenvalue weighted by Crippen LogP contribution is -2.11. The molecule has 2 aromatic rings. The number of rotatable bonds is 5. The average Bonchev–Trinajstić information content (AvgIpc) is 2.45. The van der Waals surface area contributed by atoms with E-state index in [0.29, 0.717) is 0 Å². The first-order valence-corrected chi connectivity index (χ1v) is 6.70. The molecule has 0 spiro atoms. The number of nitrogens with two attached hydrogens (primary N) is 1. The van der Waals surface area contributed by atoms with E-state index >= 15 is 0 Å². The molecule has 1 heterocycles. The second kappa shape index (κ2) is 6.34. The van der Waals surface area contributed by atoms with Crippen molar-refractivity contribution in [2.75, 3.05) is 5.32 Å². The van der Waals surface area contributed by atoms with Crippen molar-refractivity contribution < 1.29 is 0 Å². The lowest BCUT2D eigenvalue weighted by molar-refractivity contribution is 0.690. The minimum absolute atomic E-state index is 0.0793. The standard InChI is InChI=1S/C16H21N3/c1-3-15(17)14-11-19-16(9-12(14)2)18-10-13-7-5-4-6-8-13/h4-9,11,15H,3,10,17H2,1-2H3,(H,18,19)/t15-/m0/s1. The summed E-state index contributed by atoms with van der Waals surface area (Å²) < 4.78 is 0. The van der Waals surface area contributed by atoms with E-state index in [1.807, 2.05) is 24.4 Å². The third kappa shape index (κ3) is 3.55. The molecule has 0 bridgehead atoms. The number of anilines is 1. The molecule has 0 aliphatic carbocycles. The molecular formula is C16H21N3. The number of aromatic nitrogens is 1. The van der Waals surface area contributed by atoms with Crippen molar-refractivity contribution in [2.45, 2.75) is 32.9 Å². The van der Waals surface area contributed by atoms with Crippen molar-refractivity contribution in [1.29, 1.82) is 0 Å². The lowest BCUT2D eigenvalue weighted by Gasteiger charge is -2.14. The molecule has 0 radical (unpaired) electrons. The maximum atomic E-state index is 6.05. The molecule has 0 aliphatic rings. The van der Waals surface area contributed by atoms with E-state index < -0.39 is 0 Å². The van der Waals surface area contributed by atoms with Crippen LogP contribution in [0.4, 0.5) is 5.82 Å². The smallest absolute Gasteiger partial charge is 0.126 e. The molecule has 3 heteroatoms. The van der Waals surface area contributed by atoms with Gasteiger partial charge >= 0.3 is 0 Å². The SMILES string of the molecule is CC[C@H](N)c1cnc(NCc2ccccc2)cc1C. The topological polar surface area (TPSA) is 50.9 Å². The van der Waals surface area contributed by atoms with Gasteiger partial charge in [0.2, 0.25) is 0 Å². The Balaban J connectivity index is 2.04. The molecule has 0 unspecified atom stereocenters. The van der Waals surface area contributed by atoms with Crippen LogP contribution in [0.15, 0.2) is 42.6 Å². The molecule has 3 nitrogen and oxygen atoms in total. The lowest BCUT2D eigenvalue weighted by atomic mass is 10.0. The van der Waals surface area contributed by atoms with Gasteiger partial charge in [-0.1, -0.05) is 37.3 Å². The molecule has 3 N–H and O–H groups in total. The van der Waals surface area contributed by atoms with Gasteiger partial charge < -0.3 is 11.1 Å². The number of hydrogen-bond acceptors (Lipinski definition) is 3. The van der Waals surface area contributed by atoms with Crippen LogP contribution in [-0.2, 0) is 6.54 Å². The molecule has 0 saturated heterocycles. The van der Waals surface area contributed by atoms with Gasteiger partial charge in [-0.3, -0.25) is 0 Å². The maximum Gasteiger partial charge on any atom is 0.126 e. The average molecular weight is 255 g/mol. The Morgan fingerprint density at radius 2 is 2.00 bits per heavy atom. The predicted octanol–water partition coefficient (Wildman–Crippen LogP) is 3.41. The van der Waals surface area contributed by atoms with Crippen LogP contribution >= 0.6 is 0 Å². The highest BCUT2D eigenvalue weighted by atomic mass is 15.0. The maximum absolute atomic E-state index is 6.05. The van der Waals surface area contributed by atoms with Crippen molar-refractivity contribution in [2.24, 2.45) is 5.73 Å². The molecule has 19 heavy (non-hydrogen) atoms. The Morgan fingerprint density at radius 1 is 1.26 bits per heavy atom. The third-order valence-electron chi connectivity index (χ3n) is 3.31. The molecule has 0 aliphatic heterocycles. The van der Waals surface area contributed by atoms with E-state index in [9.17, 15) is 0 Å². The van der Waals surface area contributed by atoms with Crippen LogP contribution in [0.2, 0.25) is 0 Å². The van der Waals surface area contributed by atoms with E-state index in [0.717, 1.165) is 24.3 Å². The highest BCUT2D eigenvalue weighted by molar-refractivity contribution is 5.42. The van der Waals surface area contributed by atoms with Crippen molar-refractivity contribution >= 4 is 5.82 Å². The highest BCUT2D eigenvalue weighted by Gasteiger charge is 2.08. The van der Waals surface area contributed by atoms with E-state index in [4.69, 9.17) is 5.73 Å². The fraction of sp³-hybridized carbons (Fsp3) is 0.312. The van der Waals surface area contributed by atoms with E-state index in [-0.39, 0.29) is 6.04 Å². The largest absolute Gasteiger partial charge is 0.366 e. The number of benzene rings is 1. The van der Waals surface area contributed by atoms with Crippen LogP contribution in [0, 0.1) is 6.92 Å². The first-order chi connectivity index (χ1) is 9.20. The Labute approximate surface area is 114 Å². The summed E-state index contributed by atoms with van der Waals surface area (Å²) in [6.45, 7) is 4.96. The van der Waals surface area contributed by atoms with Crippen LogP contribution in [0.5, 0.6) is 0 Å². The number of nitrogens with one attached hydrogen (secondary N) is 1. The van der Waals surface area contributed by atoms with Crippen molar-refractivity contribution in [3.05, 3.63) is 59.3 Å². The van der Waals surface area contributed by atoms with Gasteiger partial charge in [-0.2, -0.15) is 0 Å². The zero-order valence-corrected chi connectivity index (χ0v) is 11.6. The molecule has 2 rings (SSSR count). The molecule has 1 aromatic carbocycles. The fourth-order valence-corrected chi connectivity index (χ4v) is 2.06. The number of hydrogen-bond donors (Lipinski definition) is 2. The summed E-state index contributed by atoms with van der Waals surface area (Å²) in [5, 5.41) is 3.33. The molecule has 100 valence electrons. The summed E-state index contributed by atoms with van der Waals surface area (Å²) in [5.41, 5.74) is 9.62. The van der Waals surface area contributed by atoms with Gasteiger partial charge in [-0.05, 0) is 36.1 Å². The van der Waals surface area contributed by atoms with Gasteiger partial charge in [0.15, 0.2) is 0 Å². The van der Waals surface area contributed by atoms with Crippen molar-refractivity contribution in [3.8, 4) is 0 Å². The molecule has 0 saturated carbocycles. The van der Waals surface area contributed by atoms with Gasteiger partial charge in [0.05, 0.1) is 0 Å². The van der Waals surface area contributed by atoms with Crippen LogP contribution in [0.25, 0.3) is 0 Å². The quantitative estimate of drug-likeness (QED) is 0.860. The first kappa shape index (κ1) is 13.6. The normalized spacial score (nSPS) is 12.2. The fourth-order valence-electron chi connectivity index (χ4n) is 2.06. The Bertz CT molecular complexity index is 523. The van der Waals surface area contributed by atoms with Crippen LogP contribution in [-0.4, -0.2) is 4.98 Å². The summed E-state index contributed by atoms with van der Waals surface area (Å²) >= 11 is 0. The Hall–Kier alpha value is -1.87. The van der Waals surface area contributed by atoms with Gasteiger partial charge in [0.25, 0.3) is 0 Å². The minimum Gasteiger partial charge on any atom is -0.366 e. The highest BCUT2D eigenvalue weighted by Crippen LogP contribution is 2.19. The Morgan fingerprint density at radius 3 is 2.63 bits per heavy atom. The molecule has 0 amide bonds. The van der Waals surface area contributed by atoms with Crippen LogP contribution < -0.4 is 11.1 Å². The summed E-state index contributed by atoms with van der Waals surface area (Å²) in [7, 11) is 0. The first-order valence-electron chi connectivity index (χ1n) is 6.70. The van der Waals surface area contributed by atoms with Crippen LogP contribution in [0.3, 0.4) is 0 Å². The minimum atomic E-state index is 0.0793. The van der Waals surface area contributed by atoms with E-state index in [1.165, 1.54) is 11.1 Å². The second-order valence-electron chi connectivity index (χ2n) is 4.78. The zero-order chi connectivity index (χ0) is 13.7. The second-order valence-corrected chi connectivity index (χ2v) is 4.78. The van der Waals surface area contributed by atoms with Gasteiger partial charge in [0, 0.05) is 18.8 Å². The third-order valence-corrected chi connectivity index (χ3v) is 3.31. The van der Waals surface area contributed by atoms with Gasteiger partial charge in [-0.15, -0.1) is 0 Å². The summed E-state index contributed by atoms with van der Waals surface area (Å²) in [5.74, 6) is 0.897. The zero-order valence-electron chi connectivity index (χ0n) is 11.6. The molecule has 1 aromatic heterocycles. The number of pyridine rings is 1. The van der Waals surface area contributed by atoms with Gasteiger partial charge in [0.1, 0.15) is 5.82 Å². The van der Waals surface area contributed by atoms with Crippen LogP contribution in [0.1, 0.15) is 36.1 Å². The summed E-state index contributed by atoms with van der Waals surface area (Å²) in [6, 6.07) is 12.4. The van der Waals surface area contributed by atoms with Crippen molar-refractivity contribution in [1.82, 2.24) is 4.98 Å². The monoisotopic (exact) mass is 255 g/mol. The molecule has 1 atom stereocenters. The summed E-state index contributed by atoms with van der Waals surface area (Å²) in [4.78, 5) is 4.43. The number of nitrogens with zero attached hydrogens (tertiary/aromatic N) is 1. The van der Waals surface area contributed by atoms with Gasteiger partial charge in [-0.25, -0.2) is 4.98 Å². The Kier molecular flexibility index (Phi) is 4.53. The van der Waals surface area contributed by atoms with E-state index in [1.54, 1.807) is 0 Å². The predicted molar refractivity (Wildman–Crippen MR) is 80.0 cm³/mol. The van der Waals surface area contributed by atoms with Crippen molar-refractivity contribution in [3.63, 3.8) is 0 Å². The molecular weight excluding hydrogens is 234 g/mol. The molecule has 0 fully saturated rings.